The fourth-order valence-corrected chi connectivity index (χ4v) is 6.62. The maximum Gasteiger partial charge on any atom is 0.514 e. The molecule has 0 atom stereocenters. The normalized spacial score (nSPS) is 25.9. The zero-order valence-electron chi connectivity index (χ0n) is 19.8. The number of nitro groups is 1. The number of nitrogens with zero attached hydrogens (tertiary/aromatic N) is 1. The standard InChI is InChI=1S/C26H27FN2O7/c1-14-4-2-3-5-19(14)28-23-18(10-21(30)31)9-20(29(33)34)24(22(23)27)35-25(32)36-26-11-15-6-16(12-26)8-17(7-15)13-26/h2-5,9,15-17,28H,6-8,10-13H2,1H3,(H,30,31). The first-order valence-corrected chi connectivity index (χ1v) is 12.1. The lowest BCUT2D eigenvalue weighted by Gasteiger charge is -2.55. The van der Waals surface area contributed by atoms with Crippen LogP contribution in [-0.2, 0) is 16.0 Å². The van der Waals surface area contributed by atoms with Crippen LogP contribution in [0.2, 0.25) is 0 Å². The fraction of sp³-hybridized carbons (Fsp3) is 0.462. The zero-order valence-corrected chi connectivity index (χ0v) is 19.8. The van der Waals surface area contributed by atoms with Crippen molar-refractivity contribution in [3.8, 4) is 5.75 Å². The van der Waals surface area contributed by atoms with Crippen LogP contribution in [0, 0.1) is 40.6 Å². The number of hydrogen-bond acceptors (Lipinski definition) is 7. The molecule has 9 nitrogen and oxygen atoms in total. The molecular formula is C26H27FN2O7. The maximum atomic E-state index is 15.8. The van der Waals surface area contributed by atoms with Crippen molar-refractivity contribution in [2.45, 2.75) is 57.5 Å². The van der Waals surface area contributed by atoms with Gasteiger partial charge in [0.1, 0.15) is 5.60 Å². The fourth-order valence-electron chi connectivity index (χ4n) is 6.62. The van der Waals surface area contributed by atoms with Crippen LogP contribution in [0.3, 0.4) is 0 Å². The number of carbonyl (C=O) groups is 2. The summed E-state index contributed by atoms with van der Waals surface area (Å²) in [5.41, 5.74) is -0.782. The Labute approximate surface area is 206 Å². The van der Waals surface area contributed by atoms with Gasteiger partial charge in [-0.3, -0.25) is 14.9 Å². The molecule has 6 rings (SSSR count). The summed E-state index contributed by atoms with van der Waals surface area (Å²) < 4.78 is 26.7. The molecule has 0 heterocycles. The summed E-state index contributed by atoms with van der Waals surface area (Å²) in [6.07, 6.45) is 3.66. The van der Waals surface area contributed by atoms with E-state index in [-0.39, 0.29) is 11.3 Å². The van der Waals surface area contributed by atoms with E-state index < -0.39 is 46.3 Å². The van der Waals surface area contributed by atoms with Crippen molar-refractivity contribution in [2.75, 3.05) is 5.32 Å². The summed E-state index contributed by atoms with van der Waals surface area (Å²) in [7, 11) is 0. The molecule has 0 radical (unpaired) electrons. The molecule has 190 valence electrons. The Kier molecular flexibility index (Phi) is 6.05. The third-order valence-corrected chi connectivity index (χ3v) is 7.69. The summed E-state index contributed by atoms with van der Waals surface area (Å²) >= 11 is 0. The molecule has 2 aromatic rings. The Morgan fingerprint density at radius 2 is 1.78 bits per heavy atom. The monoisotopic (exact) mass is 498 g/mol. The van der Waals surface area contributed by atoms with Crippen LogP contribution in [0.4, 0.5) is 26.2 Å². The molecule has 0 aliphatic heterocycles. The van der Waals surface area contributed by atoms with Gasteiger partial charge in [0, 0.05) is 11.8 Å². The van der Waals surface area contributed by atoms with Crippen LogP contribution in [0.1, 0.15) is 49.7 Å². The molecular weight excluding hydrogens is 471 g/mol. The second kappa shape index (κ2) is 9.07. The first-order valence-electron chi connectivity index (χ1n) is 12.1. The molecule has 0 aromatic heterocycles. The highest BCUT2D eigenvalue weighted by molar-refractivity contribution is 5.80. The van der Waals surface area contributed by atoms with Crippen molar-refractivity contribution in [1.82, 2.24) is 0 Å². The van der Waals surface area contributed by atoms with Gasteiger partial charge in [-0.15, -0.1) is 0 Å². The number of nitro benzene ring substituents is 1. The van der Waals surface area contributed by atoms with Crippen LogP contribution < -0.4 is 10.1 Å². The topological polar surface area (TPSA) is 128 Å². The Bertz CT molecular complexity index is 1210. The smallest absolute Gasteiger partial charge is 0.481 e. The first kappa shape index (κ1) is 24.0. The van der Waals surface area contributed by atoms with E-state index in [0.717, 1.165) is 50.2 Å². The van der Waals surface area contributed by atoms with E-state index in [1.54, 1.807) is 31.2 Å². The van der Waals surface area contributed by atoms with Crippen LogP contribution in [0.25, 0.3) is 0 Å². The number of para-hydroxylation sites is 1. The van der Waals surface area contributed by atoms with E-state index in [2.05, 4.69) is 5.32 Å². The second-order valence-corrected chi connectivity index (χ2v) is 10.4. The summed E-state index contributed by atoms with van der Waals surface area (Å²) in [4.78, 5) is 35.1. The van der Waals surface area contributed by atoms with Gasteiger partial charge in [-0.1, -0.05) is 18.2 Å². The van der Waals surface area contributed by atoms with Crippen LogP contribution in [0.15, 0.2) is 30.3 Å². The van der Waals surface area contributed by atoms with Crippen molar-refractivity contribution in [3.63, 3.8) is 0 Å². The number of aliphatic carboxylic acids is 1. The van der Waals surface area contributed by atoms with E-state index in [0.29, 0.717) is 23.4 Å². The van der Waals surface area contributed by atoms with Crippen LogP contribution in [0.5, 0.6) is 5.75 Å². The molecule has 4 fully saturated rings. The Morgan fingerprint density at radius 3 is 2.33 bits per heavy atom. The number of rotatable bonds is 7. The molecule has 2 aromatic carbocycles. The highest BCUT2D eigenvalue weighted by atomic mass is 19.1. The number of benzene rings is 2. The Hall–Kier alpha value is -3.69. The van der Waals surface area contributed by atoms with E-state index in [9.17, 15) is 24.8 Å². The van der Waals surface area contributed by atoms with Gasteiger partial charge in [0.2, 0.25) is 5.75 Å². The van der Waals surface area contributed by atoms with Gasteiger partial charge >= 0.3 is 17.8 Å². The minimum atomic E-state index is -1.30. The highest BCUT2D eigenvalue weighted by Crippen LogP contribution is 2.57. The minimum absolute atomic E-state index is 0.156. The molecule has 4 aliphatic rings. The lowest BCUT2D eigenvalue weighted by Crippen LogP contribution is -2.53. The van der Waals surface area contributed by atoms with E-state index >= 15 is 4.39 Å². The molecule has 2 N–H and O–H groups in total. The lowest BCUT2D eigenvalue weighted by molar-refractivity contribution is -0.385. The van der Waals surface area contributed by atoms with E-state index in [1.807, 2.05) is 0 Å². The average molecular weight is 499 g/mol. The number of aryl methyl sites for hydroxylation is 1. The van der Waals surface area contributed by atoms with E-state index in [4.69, 9.17) is 9.47 Å². The minimum Gasteiger partial charge on any atom is -0.481 e. The van der Waals surface area contributed by atoms with Gasteiger partial charge in [-0.25, -0.2) is 9.18 Å². The molecule has 0 saturated heterocycles. The predicted octanol–water partition coefficient (Wildman–Crippen LogP) is 5.90. The van der Waals surface area contributed by atoms with Crippen LogP contribution >= 0.6 is 0 Å². The number of carboxylic acid groups (broad SMARTS) is 1. The van der Waals surface area contributed by atoms with Gasteiger partial charge in [-0.2, -0.15) is 0 Å². The van der Waals surface area contributed by atoms with E-state index in [1.165, 1.54) is 0 Å². The number of hydrogen-bond donors (Lipinski definition) is 2. The Morgan fingerprint density at radius 1 is 1.17 bits per heavy atom. The van der Waals surface area contributed by atoms with Gasteiger partial charge < -0.3 is 19.9 Å². The number of nitrogens with one attached hydrogen (secondary N) is 1. The zero-order chi connectivity index (χ0) is 25.6. The van der Waals surface area contributed by atoms with Gasteiger partial charge in [0.05, 0.1) is 17.0 Å². The molecule has 36 heavy (non-hydrogen) atoms. The highest BCUT2D eigenvalue weighted by Gasteiger charge is 2.53. The molecule has 0 spiro atoms. The number of carbonyl (C=O) groups excluding carboxylic acids is 1. The second-order valence-electron chi connectivity index (χ2n) is 10.4. The molecule has 4 aliphatic carbocycles. The summed E-state index contributed by atoms with van der Waals surface area (Å²) in [5, 5.41) is 23.9. The lowest BCUT2D eigenvalue weighted by atomic mass is 9.54. The summed E-state index contributed by atoms with van der Waals surface area (Å²) in [6.45, 7) is 1.77. The average Bonchev–Trinajstić information content (AvgIpc) is 2.77. The molecule has 10 heteroatoms. The van der Waals surface area contributed by atoms with Crippen molar-refractivity contribution in [3.05, 3.63) is 57.4 Å². The first-order chi connectivity index (χ1) is 17.1. The molecule has 0 amide bonds. The van der Waals surface area contributed by atoms with Crippen molar-refractivity contribution >= 4 is 29.2 Å². The van der Waals surface area contributed by atoms with Gasteiger partial charge in [0.25, 0.3) is 0 Å². The SMILES string of the molecule is Cc1ccccc1Nc1c(CC(=O)O)cc([N+](=O)[O-])c(OC(=O)OC23CC4CC(CC(C4)C2)C3)c1F. The third-order valence-electron chi connectivity index (χ3n) is 7.69. The van der Waals surface area contributed by atoms with Crippen molar-refractivity contribution in [2.24, 2.45) is 17.8 Å². The number of carboxylic acids is 1. The maximum absolute atomic E-state index is 15.8. The van der Waals surface area contributed by atoms with Crippen molar-refractivity contribution in [1.29, 1.82) is 0 Å². The molecule has 4 saturated carbocycles. The molecule has 0 unspecified atom stereocenters. The van der Waals surface area contributed by atoms with Gasteiger partial charge in [0.15, 0.2) is 5.82 Å². The quantitative estimate of drug-likeness (QED) is 0.209. The third kappa shape index (κ3) is 4.59. The van der Waals surface area contributed by atoms with Crippen LogP contribution in [-0.4, -0.2) is 27.8 Å². The number of halogens is 1. The van der Waals surface area contributed by atoms with Crippen molar-refractivity contribution < 1.29 is 33.5 Å². The summed E-state index contributed by atoms with van der Waals surface area (Å²) in [6, 6.07) is 7.83. The predicted molar refractivity (Wildman–Crippen MR) is 127 cm³/mol. The number of ether oxygens (including phenoxy) is 2. The Balaban J connectivity index is 1.48. The largest absolute Gasteiger partial charge is 0.514 e. The van der Waals surface area contributed by atoms with Gasteiger partial charge in [-0.05, 0) is 80.4 Å². The molecule has 4 bridgehead atoms. The summed E-state index contributed by atoms with van der Waals surface area (Å²) in [5.74, 6) is -1.99. The number of anilines is 2.